The lowest BCUT2D eigenvalue weighted by Gasteiger charge is -2.29. The van der Waals surface area contributed by atoms with Gasteiger partial charge in [0, 0.05) is 33.3 Å². The molecule has 7 heteroatoms. The van der Waals surface area contributed by atoms with Gasteiger partial charge in [-0.15, -0.1) is 12.4 Å². The highest BCUT2D eigenvalue weighted by Gasteiger charge is 2.10. The SMILES string of the molecule is COCC(=O)Nc1ccc(N2CCNCC2)cn1.Cl. The van der Waals surface area contributed by atoms with Gasteiger partial charge < -0.3 is 20.3 Å². The smallest absolute Gasteiger partial charge is 0.251 e. The quantitative estimate of drug-likeness (QED) is 0.844. The highest BCUT2D eigenvalue weighted by molar-refractivity contribution is 5.90. The predicted octanol–water partition coefficient (Wildman–Crippen LogP) is 0.498. The van der Waals surface area contributed by atoms with Gasteiger partial charge in [-0.1, -0.05) is 0 Å². The monoisotopic (exact) mass is 286 g/mol. The molecule has 1 aliphatic heterocycles. The van der Waals surface area contributed by atoms with Crippen LogP contribution in [0.4, 0.5) is 11.5 Å². The number of ether oxygens (including phenoxy) is 1. The van der Waals surface area contributed by atoms with Gasteiger partial charge in [0.15, 0.2) is 0 Å². The van der Waals surface area contributed by atoms with Crippen molar-refractivity contribution in [1.82, 2.24) is 10.3 Å². The summed E-state index contributed by atoms with van der Waals surface area (Å²) in [6, 6.07) is 3.78. The van der Waals surface area contributed by atoms with E-state index < -0.39 is 0 Å². The van der Waals surface area contributed by atoms with E-state index in [-0.39, 0.29) is 24.9 Å². The number of halogens is 1. The number of carbonyl (C=O) groups is 1. The summed E-state index contributed by atoms with van der Waals surface area (Å²) < 4.78 is 4.74. The molecule has 0 aromatic carbocycles. The normalized spacial score (nSPS) is 14.7. The lowest BCUT2D eigenvalue weighted by atomic mass is 10.3. The molecular formula is C12H19ClN4O2. The third-order valence-electron chi connectivity index (χ3n) is 2.77. The van der Waals surface area contributed by atoms with Crippen LogP contribution >= 0.6 is 12.4 Å². The first kappa shape index (κ1) is 15.7. The number of rotatable bonds is 4. The zero-order valence-electron chi connectivity index (χ0n) is 10.9. The standard InChI is InChI=1S/C12H18N4O2.ClH/c1-18-9-12(17)15-11-3-2-10(8-14-11)16-6-4-13-5-7-16;/h2-3,8,13H,4-7,9H2,1H3,(H,14,15,17);1H. The van der Waals surface area contributed by atoms with Crippen molar-refractivity contribution in [3.63, 3.8) is 0 Å². The fraction of sp³-hybridized carbons (Fsp3) is 0.500. The van der Waals surface area contributed by atoms with Crippen molar-refractivity contribution in [2.45, 2.75) is 0 Å². The lowest BCUT2D eigenvalue weighted by molar-refractivity contribution is -0.119. The second kappa shape index (κ2) is 7.93. The Hall–Kier alpha value is -1.37. The number of piperazine rings is 1. The molecule has 106 valence electrons. The van der Waals surface area contributed by atoms with Crippen molar-refractivity contribution in [1.29, 1.82) is 0 Å². The van der Waals surface area contributed by atoms with Crippen LogP contribution in [0.25, 0.3) is 0 Å². The first-order valence-electron chi connectivity index (χ1n) is 6.00. The van der Waals surface area contributed by atoms with Gasteiger partial charge in [-0.3, -0.25) is 4.79 Å². The average molecular weight is 287 g/mol. The van der Waals surface area contributed by atoms with Crippen LogP contribution in [0.2, 0.25) is 0 Å². The van der Waals surface area contributed by atoms with Crippen LogP contribution in [0.1, 0.15) is 0 Å². The van der Waals surface area contributed by atoms with Crippen molar-refractivity contribution < 1.29 is 9.53 Å². The number of hydrogen-bond acceptors (Lipinski definition) is 5. The number of hydrogen-bond donors (Lipinski definition) is 2. The minimum absolute atomic E-state index is 0. The van der Waals surface area contributed by atoms with E-state index in [9.17, 15) is 4.79 Å². The summed E-state index contributed by atoms with van der Waals surface area (Å²) in [5.41, 5.74) is 1.08. The molecule has 0 unspecified atom stereocenters. The summed E-state index contributed by atoms with van der Waals surface area (Å²) in [6.07, 6.45) is 1.79. The number of amides is 1. The number of aromatic nitrogens is 1. The average Bonchev–Trinajstić information content (AvgIpc) is 2.41. The molecule has 1 amide bonds. The maximum Gasteiger partial charge on any atom is 0.251 e. The Morgan fingerprint density at radius 1 is 1.47 bits per heavy atom. The van der Waals surface area contributed by atoms with Gasteiger partial charge in [0.25, 0.3) is 5.91 Å². The zero-order valence-corrected chi connectivity index (χ0v) is 11.7. The van der Waals surface area contributed by atoms with Crippen LogP contribution in [-0.2, 0) is 9.53 Å². The van der Waals surface area contributed by atoms with Crippen LogP contribution in [-0.4, -0.2) is 50.8 Å². The Labute approximate surface area is 118 Å². The van der Waals surface area contributed by atoms with Gasteiger partial charge >= 0.3 is 0 Å². The molecule has 0 saturated carbocycles. The maximum absolute atomic E-state index is 11.3. The first-order valence-corrected chi connectivity index (χ1v) is 6.00. The zero-order chi connectivity index (χ0) is 12.8. The van der Waals surface area contributed by atoms with E-state index >= 15 is 0 Å². The predicted molar refractivity (Wildman–Crippen MR) is 77.1 cm³/mol. The Kier molecular flexibility index (Phi) is 6.55. The van der Waals surface area contributed by atoms with Gasteiger partial charge in [-0.25, -0.2) is 4.98 Å². The highest BCUT2D eigenvalue weighted by atomic mass is 35.5. The van der Waals surface area contributed by atoms with Crippen LogP contribution in [0.15, 0.2) is 18.3 Å². The van der Waals surface area contributed by atoms with E-state index in [1.54, 1.807) is 6.20 Å². The molecule has 1 saturated heterocycles. The van der Waals surface area contributed by atoms with Crippen LogP contribution in [0.3, 0.4) is 0 Å². The Morgan fingerprint density at radius 2 is 2.21 bits per heavy atom. The summed E-state index contributed by atoms with van der Waals surface area (Å²) in [5.74, 6) is 0.357. The molecule has 1 aromatic rings. The number of pyridine rings is 1. The topological polar surface area (TPSA) is 66.5 Å². The Bertz CT molecular complexity index is 393. The summed E-state index contributed by atoms with van der Waals surface area (Å²) in [6.45, 7) is 3.99. The number of nitrogens with zero attached hydrogens (tertiary/aromatic N) is 2. The van der Waals surface area contributed by atoms with E-state index in [1.165, 1.54) is 7.11 Å². The molecule has 1 aliphatic rings. The lowest BCUT2D eigenvalue weighted by Crippen LogP contribution is -2.43. The third kappa shape index (κ3) is 4.66. The van der Waals surface area contributed by atoms with Gasteiger partial charge in [0.2, 0.25) is 0 Å². The van der Waals surface area contributed by atoms with Gasteiger partial charge in [0.05, 0.1) is 11.9 Å². The number of nitrogens with one attached hydrogen (secondary N) is 2. The molecule has 6 nitrogen and oxygen atoms in total. The molecule has 0 spiro atoms. The van der Waals surface area contributed by atoms with Gasteiger partial charge in [-0.2, -0.15) is 0 Å². The van der Waals surface area contributed by atoms with E-state index in [0.29, 0.717) is 5.82 Å². The number of carbonyl (C=O) groups excluding carboxylic acids is 1. The first-order chi connectivity index (χ1) is 8.79. The van der Waals surface area contributed by atoms with Crippen molar-refractivity contribution in [2.24, 2.45) is 0 Å². The minimum atomic E-state index is -0.195. The van der Waals surface area contributed by atoms with Gasteiger partial charge in [-0.05, 0) is 12.1 Å². The summed E-state index contributed by atoms with van der Waals surface area (Å²) in [4.78, 5) is 17.8. The second-order valence-electron chi connectivity index (χ2n) is 4.12. The van der Waals surface area contributed by atoms with Crippen LogP contribution in [0.5, 0.6) is 0 Å². The van der Waals surface area contributed by atoms with E-state index in [4.69, 9.17) is 4.74 Å². The molecule has 0 atom stereocenters. The summed E-state index contributed by atoms with van der Waals surface area (Å²) in [7, 11) is 1.49. The number of anilines is 2. The van der Waals surface area contributed by atoms with Crippen molar-refractivity contribution in [3.05, 3.63) is 18.3 Å². The molecule has 2 rings (SSSR count). The van der Waals surface area contributed by atoms with E-state index in [2.05, 4.69) is 20.5 Å². The summed E-state index contributed by atoms with van der Waals surface area (Å²) >= 11 is 0. The van der Waals surface area contributed by atoms with Crippen LogP contribution < -0.4 is 15.5 Å². The fourth-order valence-corrected chi connectivity index (χ4v) is 1.88. The largest absolute Gasteiger partial charge is 0.375 e. The second-order valence-corrected chi connectivity index (χ2v) is 4.12. The van der Waals surface area contributed by atoms with E-state index in [1.807, 2.05) is 12.1 Å². The molecule has 1 fully saturated rings. The molecule has 19 heavy (non-hydrogen) atoms. The third-order valence-corrected chi connectivity index (χ3v) is 2.77. The molecule has 2 N–H and O–H groups in total. The number of methoxy groups -OCH3 is 1. The summed E-state index contributed by atoms with van der Waals surface area (Å²) in [5, 5.41) is 5.97. The Balaban J connectivity index is 0.00000180. The minimum Gasteiger partial charge on any atom is -0.375 e. The van der Waals surface area contributed by atoms with E-state index in [0.717, 1.165) is 31.9 Å². The van der Waals surface area contributed by atoms with Crippen LogP contribution in [0, 0.1) is 0 Å². The maximum atomic E-state index is 11.3. The Morgan fingerprint density at radius 3 is 2.79 bits per heavy atom. The molecule has 2 heterocycles. The molecular weight excluding hydrogens is 268 g/mol. The van der Waals surface area contributed by atoms with Crippen molar-refractivity contribution >= 4 is 29.8 Å². The van der Waals surface area contributed by atoms with Gasteiger partial charge in [0.1, 0.15) is 12.4 Å². The fourth-order valence-electron chi connectivity index (χ4n) is 1.88. The molecule has 0 aliphatic carbocycles. The highest BCUT2D eigenvalue weighted by Crippen LogP contribution is 2.15. The molecule has 0 bridgehead atoms. The molecule has 0 radical (unpaired) electrons. The van der Waals surface area contributed by atoms with Crippen molar-refractivity contribution in [2.75, 3.05) is 50.1 Å². The van der Waals surface area contributed by atoms with Crippen molar-refractivity contribution in [3.8, 4) is 0 Å². The molecule has 1 aromatic heterocycles.